The lowest BCUT2D eigenvalue weighted by Crippen LogP contribution is -2.39. The lowest BCUT2D eigenvalue weighted by molar-refractivity contribution is 0.0645. The average Bonchev–Trinajstić information content (AvgIpc) is 3.05. The van der Waals surface area contributed by atoms with Crippen molar-refractivity contribution in [2.24, 2.45) is 5.92 Å². The summed E-state index contributed by atoms with van der Waals surface area (Å²) in [6.45, 7) is 2.60. The van der Waals surface area contributed by atoms with Crippen LogP contribution in [0.1, 0.15) is 48.9 Å². The van der Waals surface area contributed by atoms with Crippen molar-refractivity contribution >= 4 is 5.91 Å². The maximum Gasteiger partial charge on any atom is 0.289 e. The molecule has 1 aliphatic rings. The van der Waals surface area contributed by atoms with E-state index in [1.165, 1.54) is 18.9 Å². The Morgan fingerprint density at radius 1 is 1.21 bits per heavy atom. The summed E-state index contributed by atoms with van der Waals surface area (Å²) in [5.41, 5.74) is -0.0878. The molecule has 128 valence electrons. The largest absolute Gasteiger partial charge is 0.454 e. The van der Waals surface area contributed by atoms with E-state index in [2.05, 4.69) is 6.92 Å². The van der Waals surface area contributed by atoms with E-state index in [1.54, 1.807) is 35.0 Å². The molecule has 0 radical (unpaired) electrons. The molecule has 2 aromatic rings. The molecule has 3 rings (SSSR count). The van der Waals surface area contributed by atoms with Gasteiger partial charge in [0.2, 0.25) is 0 Å². The molecule has 0 aromatic carbocycles. The Labute approximate surface area is 141 Å². The molecule has 1 fully saturated rings. The molecule has 24 heavy (non-hydrogen) atoms. The summed E-state index contributed by atoms with van der Waals surface area (Å²) in [5.74, 6) is 1.62. The monoisotopic (exact) mass is 328 g/mol. The average molecular weight is 328 g/mol. The number of hydrogen-bond donors (Lipinski definition) is 0. The van der Waals surface area contributed by atoms with Crippen LogP contribution in [0.2, 0.25) is 0 Å². The second kappa shape index (κ2) is 7.07. The third-order valence-electron chi connectivity index (χ3n) is 4.95. The highest BCUT2D eigenvalue weighted by Crippen LogP contribution is 2.27. The molecule has 5 heteroatoms. The standard InChI is InChI=1S/C19H24N2O3/c1-14-6-8-15(9-7-14)20(2)19(23)17-11-10-16(24-17)13-21-12-4-3-5-18(21)22/h3-5,10-12,14-15H,6-9,13H2,1-2H3. The number of rotatable bonds is 4. The maximum absolute atomic E-state index is 12.6. The molecule has 0 N–H and O–H groups in total. The van der Waals surface area contributed by atoms with Gasteiger partial charge in [0, 0.05) is 25.4 Å². The molecular weight excluding hydrogens is 304 g/mol. The first kappa shape index (κ1) is 16.6. The molecule has 5 nitrogen and oxygen atoms in total. The van der Waals surface area contributed by atoms with Gasteiger partial charge < -0.3 is 13.9 Å². The summed E-state index contributed by atoms with van der Waals surface area (Å²) in [7, 11) is 1.85. The number of pyridine rings is 1. The Hall–Kier alpha value is -2.30. The number of aromatic nitrogens is 1. The van der Waals surface area contributed by atoms with Crippen LogP contribution in [0.15, 0.2) is 45.7 Å². The van der Waals surface area contributed by atoms with Crippen molar-refractivity contribution in [2.75, 3.05) is 7.05 Å². The normalized spacial score (nSPS) is 20.8. The molecule has 0 aliphatic heterocycles. The van der Waals surface area contributed by atoms with Crippen molar-refractivity contribution in [3.8, 4) is 0 Å². The fourth-order valence-corrected chi connectivity index (χ4v) is 3.31. The molecule has 1 saturated carbocycles. The zero-order valence-electron chi connectivity index (χ0n) is 14.3. The first-order chi connectivity index (χ1) is 11.5. The lowest BCUT2D eigenvalue weighted by atomic mass is 9.87. The first-order valence-electron chi connectivity index (χ1n) is 8.56. The van der Waals surface area contributed by atoms with E-state index >= 15 is 0 Å². The highest BCUT2D eigenvalue weighted by atomic mass is 16.4. The summed E-state index contributed by atoms with van der Waals surface area (Å²) < 4.78 is 7.24. The van der Waals surface area contributed by atoms with E-state index in [-0.39, 0.29) is 11.5 Å². The van der Waals surface area contributed by atoms with Crippen molar-refractivity contribution in [2.45, 2.75) is 45.2 Å². The summed E-state index contributed by atoms with van der Waals surface area (Å²) in [6, 6.07) is 8.77. The van der Waals surface area contributed by atoms with Gasteiger partial charge in [-0.3, -0.25) is 9.59 Å². The zero-order chi connectivity index (χ0) is 17.1. The number of carbonyl (C=O) groups is 1. The molecule has 1 aliphatic carbocycles. The topological polar surface area (TPSA) is 55.5 Å². The highest BCUT2D eigenvalue weighted by Gasteiger charge is 2.26. The van der Waals surface area contributed by atoms with Gasteiger partial charge >= 0.3 is 0 Å². The van der Waals surface area contributed by atoms with Crippen LogP contribution in [-0.4, -0.2) is 28.5 Å². The summed E-state index contributed by atoms with van der Waals surface area (Å²) in [4.78, 5) is 26.2. The van der Waals surface area contributed by atoms with Crippen molar-refractivity contribution in [3.05, 3.63) is 58.4 Å². The van der Waals surface area contributed by atoms with Gasteiger partial charge in [-0.05, 0) is 49.8 Å². The number of nitrogens with zero attached hydrogens (tertiary/aromatic N) is 2. The van der Waals surface area contributed by atoms with Crippen LogP contribution in [0.3, 0.4) is 0 Å². The molecule has 2 aromatic heterocycles. The van der Waals surface area contributed by atoms with Gasteiger partial charge in [-0.1, -0.05) is 13.0 Å². The number of furan rings is 1. The van der Waals surface area contributed by atoms with Crippen LogP contribution in [0.25, 0.3) is 0 Å². The SMILES string of the molecule is CC1CCC(N(C)C(=O)c2ccc(Cn3ccccc3=O)o2)CC1. The third kappa shape index (κ3) is 3.61. The Bertz CT molecular complexity index is 754. The van der Waals surface area contributed by atoms with Crippen LogP contribution in [0.4, 0.5) is 0 Å². The molecular formula is C19H24N2O3. The Morgan fingerprint density at radius 2 is 1.96 bits per heavy atom. The van der Waals surface area contributed by atoms with Crippen LogP contribution in [-0.2, 0) is 6.54 Å². The van der Waals surface area contributed by atoms with Gasteiger partial charge in [0.15, 0.2) is 5.76 Å². The molecule has 2 heterocycles. The van der Waals surface area contributed by atoms with Crippen molar-refractivity contribution in [3.63, 3.8) is 0 Å². The fourth-order valence-electron chi connectivity index (χ4n) is 3.31. The number of hydrogen-bond acceptors (Lipinski definition) is 3. The quantitative estimate of drug-likeness (QED) is 0.866. The van der Waals surface area contributed by atoms with Gasteiger partial charge in [-0.15, -0.1) is 0 Å². The van der Waals surface area contributed by atoms with E-state index in [0.717, 1.165) is 18.8 Å². The van der Waals surface area contributed by atoms with Crippen LogP contribution >= 0.6 is 0 Å². The smallest absolute Gasteiger partial charge is 0.289 e. The predicted molar refractivity (Wildman–Crippen MR) is 92.0 cm³/mol. The molecule has 0 unspecified atom stereocenters. The number of carbonyl (C=O) groups excluding carboxylic acids is 1. The van der Waals surface area contributed by atoms with Crippen molar-refractivity contribution in [1.29, 1.82) is 0 Å². The van der Waals surface area contributed by atoms with Gasteiger partial charge in [0.05, 0.1) is 6.54 Å². The fraction of sp³-hybridized carbons (Fsp3) is 0.474. The van der Waals surface area contributed by atoms with Crippen molar-refractivity contribution < 1.29 is 9.21 Å². The summed E-state index contributed by atoms with van der Waals surface area (Å²) >= 11 is 0. The summed E-state index contributed by atoms with van der Waals surface area (Å²) in [5, 5.41) is 0. The van der Waals surface area contributed by atoms with Crippen molar-refractivity contribution in [1.82, 2.24) is 9.47 Å². The maximum atomic E-state index is 12.6. The highest BCUT2D eigenvalue weighted by molar-refractivity contribution is 5.91. The summed E-state index contributed by atoms with van der Waals surface area (Å²) in [6.07, 6.45) is 6.15. The molecule has 0 atom stereocenters. The Kier molecular flexibility index (Phi) is 4.88. The van der Waals surface area contributed by atoms with Crippen LogP contribution in [0.5, 0.6) is 0 Å². The zero-order valence-corrected chi connectivity index (χ0v) is 14.3. The minimum absolute atomic E-state index is 0.0822. The van der Waals surface area contributed by atoms with E-state index in [4.69, 9.17) is 4.42 Å². The van der Waals surface area contributed by atoms with E-state index in [1.807, 2.05) is 11.9 Å². The predicted octanol–water partition coefficient (Wildman–Crippen LogP) is 3.14. The van der Waals surface area contributed by atoms with Crippen LogP contribution < -0.4 is 5.56 Å². The third-order valence-corrected chi connectivity index (χ3v) is 4.95. The lowest BCUT2D eigenvalue weighted by Gasteiger charge is -2.33. The molecule has 0 saturated heterocycles. The molecule has 0 bridgehead atoms. The van der Waals surface area contributed by atoms with Gasteiger partial charge in [-0.25, -0.2) is 0 Å². The second-order valence-electron chi connectivity index (χ2n) is 6.76. The van der Waals surface area contributed by atoms with Gasteiger partial charge in [0.1, 0.15) is 5.76 Å². The minimum Gasteiger partial charge on any atom is -0.454 e. The number of amides is 1. The Balaban J connectivity index is 1.67. The Morgan fingerprint density at radius 3 is 2.67 bits per heavy atom. The van der Waals surface area contributed by atoms with Gasteiger partial charge in [-0.2, -0.15) is 0 Å². The van der Waals surface area contributed by atoms with Gasteiger partial charge in [0.25, 0.3) is 11.5 Å². The van der Waals surface area contributed by atoms with E-state index < -0.39 is 0 Å². The molecule has 0 spiro atoms. The minimum atomic E-state index is -0.0878. The van der Waals surface area contributed by atoms with E-state index in [9.17, 15) is 9.59 Å². The first-order valence-corrected chi connectivity index (χ1v) is 8.56. The van der Waals surface area contributed by atoms with E-state index in [0.29, 0.717) is 24.1 Å². The second-order valence-corrected chi connectivity index (χ2v) is 6.76. The molecule has 1 amide bonds. The van der Waals surface area contributed by atoms with Crippen LogP contribution in [0, 0.1) is 5.92 Å².